The molecule has 0 saturated heterocycles. The van der Waals surface area contributed by atoms with E-state index < -0.39 is 23.2 Å². The van der Waals surface area contributed by atoms with Crippen LogP contribution in [0.2, 0.25) is 0 Å². The van der Waals surface area contributed by atoms with Crippen LogP contribution in [0.5, 0.6) is 0 Å². The molecule has 0 aliphatic heterocycles. The third-order valence-corrected chi connectivity index (χ3v) is 2.32. The SMILES string of the molecule is NC(=O)C(P)c1ccc(F)c(F)c1. The molecule has 0 spiro atoms. The molecule has 2 nitrogen and oxygen atoms in total. The predicted octanol–water partition coefficient (Wildman–Crippen LogP) is 1.37. The molecule has 1 aromatic carbocycles. The standard InChI is InChI=1S/C8H8F2NOP/c9-5-2-1-4(3-6(5)10)7(13)8(11)12/h1-3,7H,13H2,(H2,11,12). The van der Waals surface area contributed by atoms with E-state index in [1.54, 1.807) is 0 Å². The Morgan fingerprint density at radius 1 is 1.38 bits per heavy atom. The van der Waals surface area contributed by atoms with E-state index in [1.807, 2.05) is 0 Å². The molecule has 2 unspecified atom stereocenters. The molecule has 0 aromatic heterocycles. The van der Waals surface area contributed by atoms with Crippen molar-refractivity contribution < 1.29 is 13.6 Å². The zero-order chi connectivity index (χ0) is 10.0. The minimum Gasteiger partial charge on any atom is -0.369 e. The summed E-state index contributed by atoms with van der Waals surface area (Å²) in [6.07, 6.45) is 0. The predicted molar refractivity (Wildman–Crippen MR) is 48.0 cm³/mol. The third-order valence-electron chi connectivity index (χ3n) is 1.61. The van der Waals surface area contributed by atoms with Crippen LogP contribution in [0.15, 0.2) is 18.2 Å². The molecule has 70 valence electrons. The van der Waals surface area contributed by atoms with Gasteiger partial charge in [0.25, 0.3) is 0 Å². The molecular formula is C8H8F2NOP. The second-order valence-corrected chi connectivity index (χ2v) is 3.22. The highest BCUT2D eigenvalue weighted by Gasteiger charge is 2.13. The number of carbonyl (C=O) groups excluding carboxylic acids is 1. The van der Waals surface area contributed by atoms with Crippen molar-refractivity contribution in [3.05, 3.63) is 35.4 Å². The number of rotatable bonds is 2. The lowest BCUT2D eigenvalue weighted by molar-refractivity contribution is -0.117. The Morgan fingerprint density at radius 3 is 2.46 bits per heavy atom. The van der Waals surface area contributed by atoms with Crippen LogP contribution < -0.4 is 5.73 Å². The first-order valence-electron chi connectivity index (χ1n) is 3.52. The van der Waals surface area contributed by atoms with Gasteiger partial charge in [0.2, 0.25) is 5.91 Å². The Balaban J connectivity index is 3.03. The Labute approximate surface area is 76.3 Å². The fourth-order valence-corrected chi connectivity index (χ4v) is 1.08. The van der Waals surface area contributed by atoms with Gasteiger partial charge in [0.1, 0.15) is 0 Å². The molecule has 2 atom stereocenters. The van der Waals surface area contributed by atoms with E-state index in [-0.39, 0.29) is 0 Å². The van der Waals surface area contributed by atoms with Gasteiger partial charge in [-0.2, -0.15) is 0 Å². The summed E-state index contributed by atoms with van der Waals surface area (Å²) >= 11 is 0. The van der Waals surface area contributed by atoms with Crippen LogP contribution in [0.4, 0.5) is 8.78 Å². The van der Waals surface area contributed by atoms with Gasteiger partial charge in [0.15, 0.2) is 11.6 Å². The first-order chi connectivity index (χ1) is 6.02. The van der Waals surface area contributed by atoms with Gasteiger partial charge >= 0.3 is 0 Å². The molecule has 0 fully saturated rings. The van der Waals surface area contributed by atoms with Crippen molar-refractivity contribution in [3.8, 4) is 0 Å². The molecule has 1 rings (SSSR count). The molecule has 2 N–H and O–H groups in total. The second-order valence-electron chi connectivity index (χ2n) is 2.55. The molecule has 0 saturated carbocycles. The summed E-state index contributed by atoms with van der Waals surface area (Å²) in [6, 6.07) is 3.24. The average Bonchev–Trinajstić information content (AvgIpc) is 2.08. The van der Waals surface area contributed by atoms with Crippen molar-refractivity contribution in [1.29, 1.82) is 0 Å². The molecular weight excluding hydrogens is 195 g/mol. The highest BCUT2D eigenvalue weighted by Crippen LogP contribution is 2.23. The van der Waals surface area contributed by atoms with Gasteiger partial charge in [0.05, 0.1) is 5.66 Å². The Hall–Kier alpha value is -1.02. The quantitative estimate of drug-likeness (QED) is 0.724. The van der Waals surface area contributed by atoms with Crippen LogP contribution in [-0.4, -0.2) is 5.91 Å². The van der Waals surface area contributed by atoms with Gasteiger partial charge in [-0.05, 0) is 17.7 Å². The summed E-state index contributed by atoms with van der Waals surface area (Å²) in [5.74, 6) is -2.52. The van der Waals surface area contributed by atoms with Crippen molar-refractivity contribution in [2.75, 3.05) is 0 Å². The van der Waals surface area contributed by atoms with Crippen molar-refractivity contribution >= 4 is 15.1 Å². The van der Waals surface area contributed by atoms with Gasteiger partial charge in [-0.15, -0.1) is 9.24 Å². The van der Waals surface area contributed by atoms with Crippen LogP contribution in [0.25, 0.3) is 0 Å². The number of nitrogens with two attached hydrogens (primary N) is 1. The Kier molecular flexibility index (Phi) is 2.94. The van der Waals surface area contributed by atoms with Gasteiger partial charge in [0, 0.05) is 0 Å². The van der Waals surface area contributed by atoms with Crippen molar-refractivity contribution in [2.45, 2.75) is 5.66 Å². The molecule has 0 heterocycles. The van der Waals surface area contributed by atoms with Crippen LogP contribution in [-0.2, 0) is 4.79 Å². The van der Waals surface area contributed by atoms with E-state index in [0.29, 0.717) is 5.56 Å². The molecule has 0 aliphatic rings. The highest BCUT2D eigenvalue weighted by molar-refractivity contribution is 7.19. The van der Waals surface area contributed by atoms with E-state index >= 15 is 0 Å². The Bertz CT molecular complexity index is 343. The number of amides is 1. The van der Waals surface area contributed by atoms with E-state index in [2.05, 4.69) is 9.24 Å². The summed E-state index contributed by atoms with van der Waals surface area (Å²) in [4.78, 5) is 10.7. The molecule has 0 aliphatic carbocycles. The highest BCUT2D eigenvalue weighted by atomic mass is 31.0. The second kappa shape index (κ2) is 3.79. The zero-order valence-electron chi connectivity index (χ0n) is 6.63. The van der Waals surface area contributed by atoms with E-state index in [9.17, 15) is 13.6 Å². The number of hydrogen-bond acceptors (Lipinski definition) is 1. The first-order valence-corrected chi connectivity index (χ1v) is 4.19. The monoisotopic (exact) mass is 203 g/mol. The third kappa shape index (κ3) is 2.22. The average molecular weight is 203 g/mol. The number of benzene rings is 1. The summed E-state index contributed by atoms with van der Waals surface area (Å²) < 4.78 is 25.1. The number of hydrogen-bond donors (Lipinski definition) is 1. The summed E-state index contributed by atoms with van der Waals surface area (Å²) in [5, 5.41) is 0. The van der Waals surface area contributed by atoms with E-state index in [4.69, 9.17) is 5.73 Å². The van der Waals surface area contributed by atoms with Crippen molar-refractivity contribution in [1.82, 2.24) is 0 Å². The van der Waals surface area contributed by atoms with E-state index in [0.717, 1.165) is 12.1 Å². The minimum atomic E-state index is -0.980. The normalized spacial score (nSPS) is 12.5. The van der Waals surface area contributed by atoms with Crippen LogP contribution in [0, 0.1) is 11.6 Å². The molecule has 0 bridgehead atoms. The smallest absolute Gasteiger partial charge is 0.228 e. The molecule has 13 heavy (non-hydrogen) atoms. The van der Waals surface area contributed by atoms with Crippen LogP contribution in [0.1, 0.15) is 11.2 Å². The number of primary amides is 1. The van der Waals surface area contributed by atoms with Crippen LogP contribution in [0.3, 0.4) is 0 Å². The lowest BCUT2D eigenvalue weighted by Gasteiger charge is -2.06. The van der Waals surface area contributed by atoms with Gasteiger partial charge in [-0.25, -0.2) is 8.78 Å². The number of carbonyl (C=O) groups is 1. The maximum absolute atomic E-state index is 12.7. The lowest BCUT2D eigenvalue weighted by Crippen LogP contribution is -2.16. The molecule has 5 heteroatoms. The lowest BCUT2D eigenvalue weighted by atomic mass is 10.1. The van der Waals surface area contributed by atoms with Crippen molar-refractivity contribution in [3.63, 3.8) is 0 Å². The fourth-order valence-electron chi connectivity index (χ4n) is 0.870. The molecule has 1 amide bonds. The topological polar surface area (TPSA) is 43.1 Å². The minimum absolute atomic E-state index is 0.344. The summed E-state index contributed by atoms with van der Waals surface area (Å²) in [5.41, 5.74) is 4.64. The maximum atomic E-state index is 12.7. The van der Waals surface area contributed by atoms with Crippen molar-refractivity contribution in [2.24, 2.45) is 5.73 Å². The molecule has 1 aromatic rings. The summed E-state index contributed by atoms with van der Waals surface area (Å²) in [6.45, 7) is 0. The van der Waals surface area contributed by atoms with Gasteiger partial charge in [-0.3, -0.25) is 4.79 Å². The van der Waals surface area contributed by atoms with Gasteiger partial charge < -0.3 is 5.73 Å². The number of halogens is 2. The largest absolute Gasteiger partial charge is 0.369 e. The van der Waals surface area contributed by atoms with Crippen LogP contribution >= 0.6 is 9.24 Å². The summed E-state index contributed by atoms with van der Waals surface area (Å²) in [7, 11) is 2.16. The fraction of sp³-hybridized carbons (Fsp3) is 0.125. The van der Waals surface area contributed by atoms with E-state index in [1.165, 1.54) is 6.07 Å². The molecule has 0 radical (unpaired) electrons. The van der Waals surface area contributed by atoms with Gasteiger partial charge in [-0.1, -0.05) is 6.07 Å². The maximum Gasteiger partial charge on any atom is 0.228 e. The zero-order valence-corrected chi connectivity index (χ0v) is 7.78. The first kappa shape index (κ1) is 10.1. The Morgan fingerprint density at radius 2 is 2.00 bits per heavy atom.